The number of rotatable bonds is 2. The van der Waals surface area contributed by atoms with Gasteiger partial charge in [-0.25, -0.2) is 0 Å². The van der Waals surface area contributed by atoms with Crippen LogP contribution in [0.15, 0.2) is 11.1 Å². The summed E-state index contributed by atoms with van der Waals surface area (Å²) in [5.74, 6) is 1.76. The summed E-state index contributed by atoms with van der Waals surface area (Å²) in [6, 6.07) is 0. The van der Waals surface area contributed by atoms with Crippen LogP contribution in [0, 0.1) is 11.8 Å². The zero-order valence-electron chi connectivity index (χ0n) is 8.28. The molecule has 0 amide bonds. The highest BCUT2D eigenvalue weighted by Crippen LogP contribution is 2.39. The molecule has 0 heterocycles. The van der Waals surface area contributed by atoms with Crippen LogP contribution in [0.25, 0.3) is 0 Å². The van der Waals surface area contributed by atoms with Crippen molar-refractivity contribution in [3.63, 3.8) is 0 Å². The van der Waals surface area contributed by atoms with Gasteiger partial charge in [0.2, 0.25) is 0 Å². The normalized spacial score (nSPS) is 31.6. The smallest absolute Gasteiger partial charge is 0.0200 e. The fraction of sp³-hybridized carbons (Fsp3) is 0.818. The minimum Gasteiger partial charge on any atom is -0.0707 e. The predicted molar refractivity (Wildman–Crippen MR) is 50.6 cm³/mol. The van der Waals surface area contributed by atoms with Crippen LogP contribution in [0.5, 0.6) is 0 Å². The summed E-state index contributed by atoms with van der Waals surface area (Å²) in [4.78, 5) is 0. The summed E-state index contributed by atoms with van der Waals surface area (Å²) in [6.07, 6.45) is 3.91. The summed E-state index contributed by atoms with van der Waals surface area (Å²) in [5.41, 5.74) is 3.49. The standard InChI is InChI=1S/C11H20/c1-5-10-7-8(3)9(4)11(10)6-2/h8-9H,5-7H2,1-4H3/t8-,9-/m1/s1. The summed E-state index contributed by atoms with van der Waals surface area (Å²) in [5, 5.41) is 0. The van der Waals surface area contributed by atoms with Crippen molar-refractivity contribution < 1.29 is 0 Å². The SMILES string of the molecule is CCC1=C(CC)[C@H](C)[C@H](C)C1. The third-order valence-corrected chi connectivity index (χ3v) is 3.23. The van der Waals surface area contributed by atoms with Gasteiger partial charge in [0.1, 0.15) is 0 Å². The molecular formula is C11H20. The van der Waals surface area contributed by atoms with Crippen LogP contribution in [0.4, 0.5) is 0 Å². The molecule has 0 spiro atoms. The van der Waals surface area contributed by atoms with E-state index in [9.17, 15) is 0 Å². The van der Waals surface area contributed by atoms with Gasteiger partial charge in [0.25, 0.3) is 0 Å². The molecule has 0 radical (unpaired) electrons. The Morgan fingerprint density at radius 3 is 2.18 bits per heavy atom. The van der Waals surface area contributed by atoms with Gasteiger partial charge in [-0.1, -0.05) is 38.8 Å². The van der Waals surface area contributed by atoms with Crippen LogP contribution in [0.3, 0.4) is 0 Å². The molecule has 0 aromatic rings. The van der Waals surface area contributed by atoms with Gasteiger partial charge in [0.15, 0.2) is 0 Å². The Morgan fingerprint density at radius 2 is 1.82 bits per heavy atom. The maximum atomic E-state index is 2.38. The van der Waals surface area contributed by atoms with E-state index in [1.807, 2.05) is 0 Å². The summed E-state index contributed by atoms with van der Waals surface area (Å²) >= 11 is 0. The predicted octanol–water partition coefficient (Wildman–Crippen LogP) is 3.78. The highest BCUT2D eigenvalue weighted by atomic mass is 14.3. The van der Waals surface area contributed by atoms with Gasteiger partial charge in [-0.05, 0) is 31.1 Å². The first-order valence-electron chi connectivity index (χ1n) is 4.91. The zero-order chi connectivity index (χ0) is 8.43. The first-order valence-corrected chi connectivity index (χ1v) is 4.91. The Kier molecular flexibility index (Phi) is 2.75. The molecule has 0 aromatic heterocycles. The summed E-state index contributed by atoms with van der Waals surface area (Å²) in [7, 11) is 0. The number of hydrogen-bond donors (Lipinski definition) is 0. The second-order valence-electron chi connectivity index (χ2n) is 3.81. The van der Waals surface area contributed by atoms with Crippen LogP contribution >= 0.6 is 0 Å². The lowest BCUT2D eigenvalue weighted by Gasteiger charge is -2.12. The molecule has 2 atom stereocenters. The molecule has 0 N–H and O–H groups in total. The van der Waals surface area contributed by atoms with E-state index < -0.39 is 0 Å². The molecule has 1 aliphatic carbocycles. The minimum atomic E-state index is 0.856. The lowest BCUT2D eigenvalue weighted by Crippen LogP contribution is -2.01. The van der Waals surface area contributed by atoms with Gasteiger partial charge in [-0.15, -0.1) is 0 Å². The maximum absolute atomic E-state index is 2.38. The Balaban J connectivity index is 2.77. The van der Waals surface area contributed by atoms with E-state index in [1.165, 1.54) is 19.3 Å². The van der Waals surface area contributed by atoms with Crippen LogP contribution in [0.1, 0.15) is 47.0 Å². The van der Waals surface area contributed by atoms with Crippen molar-refractivity contribution in [1.82, 2.24) is 0 Å². The molecule has 64 valence electrons. The van der Waals surface area contributed by atoms with Crippen LogP contribution in [-0.2, 0) is 0 Å². The Morgan fingerprint density at radius 1 is 1.18 bits per heavy atom. The fourth-order valence-corrected chi connectivity index (χ4v) is 2.31. The van der Waals surface area contributed by atoms with Gasteiger partial charge in [-0.3, -0.25) is 0 Å². The van der Waals surface area contributed by atoms with E-state index in [2.05, 4.69) is 27.7 Å². The maximum Gasteiger partial charge on any atom is -0.0200 e. The van der Waals surface area contributed by atoms with Gasteiger partial charge in [-0.2, -0.15) is 0 Å². The molecular weight excluding hydrogens is 132 g/mol. The zero-order valence-corrected chi connectivity index (χ0v) is 8.28. The van der Waals surface area contributed by atoms with E-state index in [-0.39, 0.29) is 0 Å². The monoisotopic (exact) mass is 152 g/mol. The van der Waals surface area contributed by atoms with Gasteiger partial charge >= 0.3 is 0 Å². The van der Waals surface area contributed by atoms with Crippen LogP contribution < -0.4 is 0 Å². The fourth-order valence-electron chi connectivity index (χ4n) is 2.31. The molecule has 1 rings (SSSR count). The number of hydrogen-bond acceptors (Lipinski definition) is 0. The van der Waals surface area contributed by atoms with E-state index in [4.69, 9.17) is 0 Å². The van der Waals surface area contributed by atoms with E-state index >= 15 is 0 Å². The average molecular weight is 152 g/mol. The second-order valence-corrected chi connectivity index (χ2v) is 3.81. The molecule has 0 unspecified atom stereocenters. The van der Waals surface area contributed by atoms with Gasteiger partial charge < -0.3 is 0 Å². The first kappa shape index (κ1) is 8.83. The Bertz CT molecular complexity index is 165. The van der Waals surface area contributed by atoms with E-state index in [0.29, 0.717) is 0 Å². The van der Waals surface area contributed by atoms with Gasteiger partial charge in [0.05, 0.1) is 0 Å². The molecule has 11 heavy (non-hydrogen) atoms. The third kappa shape index (κ3) is 1.50. The molecule has 0 saturated heterocycles. The van der Waals surface area contributed by atoms with Crippen molar-refractivity contribution in [2.24, 2.45) is 11.8 Å². The van der Waals surface area contributed by atoms with Crippen molar-refractivity contribution >= 4 is 0 Å². The average Bonchev–Trinajstić information content (AvgIpc) is 2.28. The Labute approximate surface area is 70.7 Å². The molecule has 0 aromatic carbocycles. The molecule has 0 saturated carbocycles. The molecule has 0 heteroatoms. The van der Waals surface area contributed by atoms with Crippen molar-refractivity contribution in [3.8, 4) is 0 Å². The largest absolute Gasteiger partial charge is 0.0707 e. The molecule has 0 fully saturated rings. The number of allylic oxidation sites excluding steroid dienone is 2. The molecule has 0 bridgehead atoms. The lowest BCUT2D eigenvalue weighted by molar-refractivity contribution is 0.472. The topological polar surface area (TPSA) is 0 Å². The quantitative estimate of drug-likeness (QED) is 0.528. The van der Waals surface area contributed by atoms with Crippen LogP contribution in [0.2, 0.25) is 0 Å². The van der Waals surface area contributed by atoms with Crippen molar-refractivity contribution in [3.05, 3.63) is 11.1 Å². The third-order valence-electron chi connectivity index (χ3n) is 3.23. The highest BCUT2D eigenvalue weighted by Gasteiger charge is 2.25. The summed E-state index contributed by atoms with van der Waals surface area (Å²) < 4.78 is 0. The summed E-state index contributed by atoms with van der Waals surface area (Å²) in [6.45, 7) is 9.34. The highest BCUT2D eigenvalue weighted by molar-refractivity contribution is 5.23. The lowest BCUT2D eigenvalue weighted by atomic mass is 9.94. The van der Waals surface area contributed by atoms with Crippen molar-refractivity contribution in [2.45, 2.75) is 47.0 Å². The minimum absolute atomic E-state index is 0.856. The second kappa shape index (κ2) is 3.42. The first-order chi connectivity index (χ1) is 5.20. The Hall–Kier alpha value is -0.260. The molecule has 0 aliphatic heterocycles. The van der Waals surface area contributed by atoms with Crippen molar-refractivity contribution in [1.29, 1.82) is 0 Å². The molecule has 0 nitrogen and oxygen atoms in total. The van der Waals surface area contributed by atoms with Crippen molar-refractivity contribution in [2.75, 3.05) is 0 Å². The van der Waals surface area contributed by atoms with E-state index in [1.54, 1.807) is 11.1 Å². The molecule has 1 aliphatic rings. The van der Waals surface area contributed by atoms with Crippen LogP contribution in [-0.4, -0.2) is 0 Å². The van der Waals surface area contributed by atoms with Gasteiger partial charge in [0, 0.05) is 0 Å². The van der Waals surface area contributed by atoms with E-state index in [0.717, 1.165) is 11.8 Å².